The lowest BCUT2D eigenvalue weighted by molar-refractivity contribution is 0.556. The number of nitrogens with one attached hydrogen (secondary N) is 1. The first kappa shape index (κ1) is 20.7. The molecule has 2 aromatic rings. The molecule has 2 aliphatic heterocycles. The maximum Gasteiger partial charge on any atom is 0.233 e. The second kappa shape index (κ2) is 9.96. The number of anilines is 5. The van der Waals surface area contributed by atoms with Gasteiger partial charge in [-0.15, -0.1) is 0 Å². The highest BCUT2D eigenvalue weighted by Gasteiger charge is 2.20. The van der Waals surface area contributed by atoms with Crippen LogP contribution >= 0.6 is 0 Å². The van der Waals surface area contributed by atoms with Crippen LogP contribution in [0.5, 0.6) is 0 Å². The fourth-order valence-corrected chi connectivity index (χ4v) is 4.35. The summed E-state index contributed by atoms with van der Waals surface area (Å²) in [6, 6.07) is 8.54. The summed E-state index contributed by atoms with van der Waals surface area (Å²) in [6.07, 6.45) is 7.43. The van der Waals surface area contributed by atoms with Crippen LogP contribution in [0.15, 0.2) is 24.3 Å². The van der Waals surface area contributed by atoms with Gasteiger partial charge in [0.25, 0.3) is 0 Å². The number of rotatable bonds is 7. The molecule has 7 nitrogen and oxygen atoms in total. The number of nitrogens with zero attached hydrogens (tertiary/aromatic N) is 6. The van der Waals surface area contributed by atoms with Crippen LogP contribution in [-0.2, 0) is 0 Å². The van der Waals surface area contributed by atoms with Gasteiger partial charge in [-0.2, -0.15) is 15.0 Å². The summed E-state index contributed by atoms with van der Waals surface area (Å²) in [6.45, 7) is 10.5. The Labute approximate surface area is 180 Å². The number of hydrogen-bond donors (Lipinski definition) is 1. The Hall–Kier alpha value is -2.57. The van der Waals surface area contributed by atoms with Crippen molar-refractivity contribution in [3.63, 3.8) is 0 Å². The summed E-state index contributed by atoms with van der Waals surface area (Å²) in [5.74, 6) is 2.27. The monoisotopic (exact) mass is 409 g/mol. The van der Waals surface area contributed by atoms with Gasteiger partial charge in [0.15, 0.2) is 0 Å². The van der Waals surface area contributed by atoms with Crippen molar-refractivity contribution in [1.82, 2.24) is 15.0 Å². The lowest BCUT2D eigenvalue weighted by Crippen LogP contribution is -2.34. The van der Waals surface area contributed by atoms with E-state index in [1.54, 1.807) is 0 Å². The molecule has 3 heterocycles. The van der Waals surface area contributed by atoms with Gasteiger partial charge in [-0.1, -0.05) is 0 Å². The van der Waals surface area contributed by atoms with E-state index in [2.05, 4.69) is 58.1 Å². The molecular formula is C23H35N7. The number of benzene rings is 1. The zero-order valence-electron chi connectivity index (χ0n) is 18.5. The van der Waals surface area contributed by atoms with E-state index >= 15 is 0 Å². The van der Waals surface area contributed by atoms with Crippen molar-refractivity contribution < 1.29 is 0 Å². The molecule has 2 fully saturated rings. The molecular weight excluding hydrogens is 374 g/mol. The van der Waals surface area contributed by atoms with Gasteiger partial charge < -0.3 is 20.0 Å². The van der Waals surface area contributed by atoms with E-state index in [-0.39, 0.29) is 0 Å². The van der Waals surface area contributed by atoms with Crippen molar-refractivity contribution in [2.45, 2.75) is 52.4 Å². The van der Waals surface area contributed by atoms with Gasteiger partial charge in [-0.05, 0) is 76.6 Å². The molecule has 4 rings (SSSR count). The van der Waals surface area contributed by atoms with Crippen molar-refractivity contribution in [2.75, 3.05) is 59.3 Å². The Morgan fingerprint density at radius 2 is 1.23 bits per heavy atom. The highest BCUT2D eigenvalue weighted by molar-refractivity contribution is 5.60. The van der Waals surface area contributed by atoms with Crippen molar-refractivity contribution in [2.24, 2.45) is 0 Å². The zero-order valence-corrected chi connectivity index (χ0v) is 18.5. The van der Waals surface area contributed by atoms with Crippen LogP contribution in [0, 0.1) is 0 Å². The Kier molecular flexibility index (Phi) is 6.87. The minimum Gasteiger partial charge on any atom is -0.372 e. The summed E-state index contributed by atoms with van der Waals surface area (Å²) in [4.78, 5) is 21.4. The van der Waals surface area contributed by atoms with Crippen molar-refractivity contribution in [1.29, 1.82) is 0 Å². The van der Waals surface area contributed by atoms with Crippen LogP contribution in [0.25, 0.3) is 0 Å². The highest BCUT2D eigenvalue weighted by atomic mass is 15.4. The summed E-state index contributed by atoms with van der Waals surface area (Å²) >= 11 is 0. The Bertz CT molecular complexity index is 755. The maximum absolute atomic E-state index is 4.86. The molecule has 0 saturated carbocycles. The molecule has 30 heavy (non-hydrogen) atoms. The SMILES string of the molecule is CCN(CC)c1ccc(Nc2nc(N3CCCCC3)nc(N3CCCCC3)n2)cc1. The van der Waals surface area contributed by atoms with E-state index < -0.39 is 0 Å². The third-order valence-corrected chi connectivity index (χ3v) is 6.14. The van der Waals surface area contributed by atoms with E-state index in [0.29, 0.717) is 5.95 Å². The van der Waals surface area contributed by atoms with E-state index in [0.717, 1.165) is 56.9 Å². The van der Waals surface area contributed by atoms with E-state index in [1.807, 2.05) is 0 Å². The topological polar surface area (TPSA) is 60.4 Å². The summed E-state index contributed by atoms with van der Waals surface area (Å²) in [5.41, 5.74) is 2.25. The molecule has 0 atom stereocenters. The average Bonchev–Trinajstić information content (AvgIpc) is 2.82. The second-order valence-electron chi connectivity index (χ2n) is 8.20. The zero-order chi connectivity index (χ0) is 20.8. The van der Waals surface area contributed by atoms with Crippen LogP contribution in [0.2, 0.25) is 0 Å². The molecule has 0 aliphatic carbocycles. The smallest absolute Gasteiger partial charge is 0.233 e. The largest absolute Gasteiger partial charge is 0.372 e. The van der Waals surface area contributed by atoms with Crippen LogP contribution in [-0.4, -0.2) is 54.2 Å². The first-order valence-corrected chi connectivity index (χ1v) is 11.6. The normalized spacial score (nSPS) is 17.1. The highest BCUT2D eigenvalue weighted by Crippen LogP contribution is 2.25. The van der Waals surface area contributed by atoms with Crippen LogP contribution in [0.4, 0.5) is 29.2 Å². The lowest BCUT2D eigenvalue weighted by Gasteiger charge is -2.30. The standard InChI is InChI=1S/C23H35N7/c1-3-28(4-2)20-13-11-19(12-14-20)24-21-25-22(29-15-7-5-8-16-29)27-23(26-21)30-17-9-6-10-18-30/h11-14H,3-10,15-18H2,1-2H3,(H,24,25,26,27). The molecule has 1 aromatic heterocycles. The number of hydrogen-bond acceptors (Lipinski definition) is 7. The third kappa shape index (κ3) is 4.94. The summed E-state index contributed by atoms with van der Waals surface area (Å²) in [5, 5.41) is 3.43. The predicted octanol–water partition coefficient (Wildman–Crippen LogP) is 4.44. The van der Waals surface area contributed by atoms with Crippen LogP contribution in [0.3, 0.4) is 0 Å². The molecule has 1 N–H and O–H groups in total. The summed E-state index contributed by atoms with van der Waals surface area (Å²) < 4.78 is 0. The molecule has 0 bridgehead atoms. The van der Waals surface area contributed by atoms with Gasteiger partial charge >= 0.3 is 0 Å². The fraction of sp³-hybridized carbons (Fsp3) is 0.609. The van der Waals surface area contributed by atoms with Gasteiger partial charge in [-0.3, -0.25) is 0 Å². The quantitative estimate of drug-likeness (QED) is 0.725. The van der Waals surface area contributed by atoms with Crippen LogP contribution < -0.4 is 20.0 Å². The predicted molar refractivity (Wildman–Crippen MR) is 125 cm³/mol. The maximum atomic E-state index is 4.86. The molecule has 0 unspecified atom stereocenters. The molecule has 7 heteroatoms. The first-order valence-electron chi connectivity index (χ1n) is 11.6. The van der Waals surface area contributed by atoms with Crippen molar-refractivity contribution >= 4 is 29.2 Å². The van der Waals surface area contributed by atoms with Gasteiger partial charge in [0.05, 0.1) is 0 Å². The number of aromatic nitrogens is 3. The first-order chi connectivity index (χ1) is 14.8. The Morgan fingerprint density at radius 1 is 0.733 bits per heavy atom. The summed E-state index contributed by atoms with van der Waals surface area (Å²) in [7, 11) is 0. The minimum absolute atomic E-state index is 0.640. The van der Waals surface area contributed by atoms with E-state index in [9.17, 15) is 0 Å². The molecule has 0 spiro atoms. The van der Waals surface area contributed by atoms with Gasteiger partial charge in [0.2, 0.25) is 17.8 Å². The molecule has 2 aliphatic rings. The van der Waals surface area contributed by atoms with Crippen molar-refractivity contribution in [3.05, 3.63) is 24.3 Å². The van der Waals surface area contributed by atoms with Crippen LogP contribution in [0.1, 0.15) is 52.4 Å². The van der Waals surface area contributed by atoms with E-state index in [1.165, 1.54) is 44.2 Å². The average molecular weight is 410 g/mol. The van der Waals surface area contributed by atoms with Gasteiger partial charge in [-0.25, -0.2) is 0 Å². The minimum atomic E-state index is 0.640. The number of piperidine rings is 2. The fourth-order valence-electron chi connectivity index (χ4n) is 4.35. The Balaban J connectivity index is 1.57. The third-order valence-electron chi connectivity index (χ3n) is 6.14. The molecule has 0 radical (unpaired) electrons. The molecule has 0 amide bonds. The van der Waals surface area contributed by atoms with E-state index in [4.69, 9.17) is 15.0 Å². The second-order valence-corrected chi connectivity index (χ2v) is 8.20. The van der Waals surface area contributed by atoms with Crippen molar-refractivity contribution in [3.8, 4) is 0 Å². The van der Waals surface area contributed by atoms with Gasteiger partial charge in [0, 0.05) is 50.6 Å². The Morgan fingerprint density at radius 3 is 1.70 bits per heavy atom. The molecule has 2 saturated heterocycles. The molecule has 1 aromatic carbocycles. The lowest BCUT2D eigenvalue weighted by atomic mass is 10.1. The molecule has 162 valence electrons. The van der Waals surface area contributed by atoms with Gasteiger partial charge in [0.1, 0.15) is 0 Å².